The summed E-state index contributed by atoms with van der Waals surface area (Å²) >= 11 is 5.85. The molecule has 0 saturated heterocycles. The highest BCUT2D eigenvalue weighted by atomic mass is 35.5. The minimum atomic E-state index is -0.871. The van der Waals surface area contributed by atoms with E-state index in [4.69, 9.17) is 11.6 Å². The Hall–Kier alpha value is -1.14. The highest BCUT2D eigenvalue weighted by molar-refractivity contribution is 7.84. The van der Waals surface area contributed by atoms with Gasteiger partial charge in [0.25, 0.3) is 5.69 Å². The first-order chi connectivity index (χ1) is 7.50. The zero-order chi connectivity index (χ0) is 12.1. The summed E-state index contributed by atoms with van der Waals surface area (Å²) in [5, 5.41) is 13.7. The highest BCUT2D eigenvalue weighted by Crippen LogP contribution is 2.26. The molecule has 0 spiro atoms. The van der Waals surface area contributed by atoms with Crippen molar-refractivity contribution in [3.8, 4) is 0 Å². The van der Waals surface area contributed by atoms with E-state index in [9.17, 15) is 14.3 Å². The molecular formula is C9H11ClN2O3S. The number of non-ortho nitro benzene ring substituents is 1. The van der Waals surface area contributed by atoms with E-state index in [-0.39, 0.29) is 10.7 Å². The Labute approximate surface area is 100 Å². The summed E-state index contributed by atoms with van der Waals surface area (Å²) in [4.78, 5) is 9.95. The average Bonchev–Trinajstić information content (AvgIpc) is 2.19. The van der Waals surface area contributed by atoms with Crippen molar-refractivity contribution in [3.63, 3.8) is 0 Å². The molecule has 0 aromatic heterocycles. The van der Waals surface area contributed by atoms with E-state index in [1.165, 1.54) is 12.1 Å². The summed E-state index contributed by atoms with van der Waals surface area (Å²) in [7, 11) is -0.871. The van der Waals surface area contributed by atoms with Gasteiger partial charge in [-0.05, 0) is 6.07 Å². The van der Waals surface area contributed by atoms with Crippen molar-refractivity contribution in [1.29, 1.82) is 0 Å². The SMILES string of the molecule is CS(=O)CCNc1ccc([N+](=O)[O-])cc1Cl. The Bertz CT molecular complexity index is 425. The molecule has 0 aliphatic carbocycles. The fraction of sp³-hybridized carbons (Fsp3) is 0.333. The first kappa shape index (κ1) is 12.9. The summed E-state index contributed by atoms with van der Waals surface area (Å²) in [6.07, 6.45) is 1.61. The van der Waals surface area contributed by atoms with Crippen molar-refractivity contribution < 1.29 is 9.13 Å². The third-order valence-electron chi connectivity index (χ3n) is 1.87. The number of nitrogens with one attached hydrogen (secondary N) is 1. The second-order valence-corrected chi connectivity index (χ2v) is 5.09. The minimum Gasteiger partial charge on any atom is -0.383 e. The molecule has 0 amide bonds. The normalized spacial score (nSPS) is 12.1. The van der Waals surface area contributed by atoms with E-state index < -0.39 is 15.7 Å². The number of benzene rings is 1. The lowest BCUT2D eigenvalue weighted by atomic mass is 10.3. The highest BCUT2D eigenvalue weighted by Gasteiger charge is 2.08. The maximum atomic E-state index is 10.8. The summed E-state index contributed by atoms with van der Waals surface area (Å²) in [6, 6.07) is 4.20. The van der Waals surface area contributed by atoms with Crippen molar-refractivity contribution >= 4 is 33.8 Å². The Morgan fingerprint density at radius 1 is 1.56 bits per heavy atom. The first-order valence-electron chi connectivity index (χ1n) is 4.48. The third-order valence-corrected chi connectivity index (χ3v) is 2.96. The molecule has 16 heavy (non-hydrogen) atoms. The molecule has 1 aromatic rings. The molecule has 1 N–H and O–H groups in total. The molecule has 1 aromatic carbocycles. The quantitative estimate of drug-likeness (QED) is 0.651. The van der Waals surface area contributed by atoms with Crippen LogP contribution in [0.1, 0.15) is 0 Å². The molecule has 0 heterocycles. The van der Waals surface area contributed by atoms with Gasteiger partial charge < -0.3 is 5.32 Å². The lowest BCUT2D eigenvalue weighted by Crippen LogP contribution is -2.10. The first-order valence-corrected chi connectivity index (χ1v) is 6.59. The van der Waals surface area contributed by atoms with Crippen LogP contribution >= 0.6 is 11.6 Å². The van der Waals surface area contributed by atoms with Gasteiger partial charge in [0.1, 0.15) is 0 Å². The Morgan fingerprint density at radius 2 is 2.25 bits per heavy atom. The summed E-state index contributed by atoms with van der Waals surface area (Å²) in [6.45, 7) is 0.515. The number of nitrogens with zero attached hydrogens (tertiary/aromatic N) is 1. The van der Waals surface area contributed by atoms with E-state index in [1.54, 1.807) is 12.3 Å². The van der Waals surface area contributed by atoms with Gasteiger partial charge in [-0.25, -0.2) is 0 Å². The van der Waals surface area contributed by atoms with Crippen LogP contribution in [0.2, 0.25) is 5.02 Å². The van der Waals surface area contributed by atoms with Gasteiger partial charge in [0.2, 0.25) is 0 Å². The number of hydrogen-bond donors (Lipinski definition) is 1. The van der Waals surface area contributed by atoms with Gasteiger partial charge in [0.15, 0.2) is 0 Å². The van der Waals surface area contributed by atoms with Crippen LogP contribution in [0.15, 0.2) is 18.2 Å². The van der Waals surface area contributed by atoms with E-state index in [0.29, 0.717) is 18.0 Å². The van der Waals surface area contributed by atoms with Crippen LogP contribution in [0.5, 0.6) is 0 Å². The van der Waals surface area contributed by atoms with Gasteiger partial charge in [0.05, 0.1) is 15.6 Å². The largest absolute Gasteiger partial charge is 0.383 e. The number of rotatable bonds is 5. The third kappa shape index (κ3) is 3.79. The van der Waals surface area contributed by atoms with Gasteiger partial charge in [-0.15, -0.1) is 0 Å². The molecular weight excluding hydrogens is 252 g/mol. The van der Waals surface area contributed by atoms with Crippen LogP contribution in [0.4, 0.5) is 11.4 Å². The second kappa shape index (κ2) is 5.81. The number of halogens is 1. The molecule has 0 fully saturated rings. The molecule has 5 nitrogen and oxygen atoms in total. The molecule has 88 valence electrons. The predicted molar refractivity (Wildman–Crippen MR) is 65.5 cm³/mol. The molecule has 1 unspecified atom stereocenters. The standard InChI is InChI=1S/C9H11ClN2O3S/c1-16(15)5-4-11-9-3-2-7(12(13)14)6-8(9)10/h2-3,6,11H,4-5H2,1H3. The van der Waals surface area contributed by atoms with E-state index in [0.717, 1.165) is 0 Å². The monoisotopic (exact) mass is 262 g/mol. The number of anilines is 1. The van der Waals surface area contributed by atoms with E-state index in [1.807, 2.05) is 0 Å². The van der Waals surface area contributed by atoms with Crippen LogP contribution in [0.25, 0.3) is 0 Å². The van der Waals surface area contributed by atoms with Crippen LogP contribution < -0.4 is 5.32 Å². The topological polar surface area (TPSA) is 72.2 Å². The Kier molecular flexibility index (Phi) is 4.70. The Balaban J connectivity index is 2.68. The maximum Gasteiger partial charge on any atom is 0.271 e. The zero-order valence-corrected chi connectivity index (χ0v) is 10.2. The lowest BCUT2D eigenvalue weighted by Gasteiger charge is -2.06. The molecule has 1 rings (SSSR count). The van der Waals surface area contributed by atoms with Crippen LogP contribution in [-0.4, -0.2) is 27.7 Å². The molecule has 0 saturated carbocycles. The number of hydrogen-bond acceptors (Lipinski definition) is 4. The maximum absolute atomic E-state index is 10.8. The predicted octanol–water partition coefficient (Wildman–Crippen LogP) is 2.04. The molecule has 0 aliphatic heterocycles. The summed E-state index contributed by atoms with van der Waals surface area (Å²) in [5.74, 6) is 0.507. The smallest absolute Gasteiger partial charge is 0.271 e. The molecule has 1 atom stereocenters. The van der Waals surface area contributed by atoms with E-state index >= 15 is 0 Å². The number of nitro benzene ring substituents is 1. The molecule has 0 aliphatic rings. The number of nitro groups is 1. The van der Waals surface area contributed by atoms with Crippen molar-refractivity contribution in [3.05, 3.63) is 33.3 Å². The fourth-order valence-electron chi connectivity index (χ4n) is 1.09. The van der Waals surface area contributed by atoms with E-state index in [2.05, 4.69) is 5.32 Å². The van der Waals surface area contributed by atoms with Gasteiger partial charge in [-0.1, -0.05) is 11.6 Å². The van der Waals surface area contributed by atoms with Crippen molar-refractivity contribution in [2.75, 3.05) is 23.9 Å². The van der Waals surface area contributed by atoms with Crippen LogP contribution in [0.3, 0.4) is 0 Å². The lowest BCUT2D eigenvalue weighted by molar-refractivity contribution is -0.384. The van der Waals surface area contributed by atoms with Crippen molar-refractivity contribution in [2.45, 2.75) is 0 Å². The molecule has 7 heteroatoms. The summed E-state index contributed by atoms with van der Waals surface area (Å²) < 4.78 is 10.8. The van der Waals surface area contributed by atoms with Crippen molar-refractivity contribution in [2.24, 2.45) is 0 Å². The Morgan fingerprint density at radius 3 is 2.75 bits per heavy atom. The van der Waals surface area contributed by atoms with Gasteiger partial charge in [-0.3, -0.25) is 14.3 Å². The fourth-order valence-corrected chi connectivity index (χ4v) is 1.72. The summed E-state index contributed by atoms with van der Waals surface area (Å²) in [5.41, 5.74) is 0.562. The molecule has 0 radical (unpaired) electrons. The molecule has 0 bridgehead atoms. The van der Waals surface area contributed by atoms with Gasteiger partial charge in [0, 0.05) is 41.5 Å². The van der Waals surface area contributed by atoms with Gasteiger partial charge >= 0.3 is 0 Å². The minimum absolute atomic E-state index is 0.0467. The van der Waals surface area contributed by atoms with Crippen LogP contribution in [0, 0.1) is 10.1 Å². The average molecular weight is 263 g/mol. The zero-order valence-electron chi connectivity index (χ0n) is 8.60. The van der Waals surface area contributed by atoms with Crippen molar-refractivity contribution in [1.82, 2.24) is 0 Å². The second-order valence-electron chi connectivity index (χ2n) is 3.13. The van der Waals surface area contributed by atoms with Crippen LogP contribution in [-0.2, 0) is 10.8 Å². The van der Waals surface area contributed by atoms with Gasteiger partial charge in [-0.2, -0.15) is 0 Å².